The molecule has 1 heterocycles. The maximum Gasteiger partial charge on any atom is 0.237 e. The number of rotatable bonds is 4. The third kappa shape index (κ3) is 3.08. The average molecular weight is 200 g/mol. The van der Waals surface area contributed by atoms with Gasteiger partial charge in [-0.15, -0.1) is 0 Å². The average Bonchev–Trinajstić information content (AvgIpc) is 2.65. The Kier molecular flexibility index (Phi) is 3.78. The van der Waals surface area contributed by atoms with Crippen LogP contribution in [0.25, 0.3) is 0 Å². The van der Waals surface area contributed by atoms with Crippen LogP contribution >= 0.6 is 11.8 Å². The Morgan fingerprint density at radius 3 is 3.23 bits per heavy atom. The Hall–Kier alpha value is -1.01. The van der Waals surface area contributed by atoms with Crippen molar-refractivity contribution in [1.82, 2.24) is 15.4 Å². The van der Waals surface area contributed by atoms with E-state index in [2.05, 4.69) is 15.4 Å². The normalized spacial score (nSPS) is 12.5. The molecule has 1 unspecified atom stereocenters. The van der Waals surface area contributed by atoms with Gasteiger partial charge in [0.15, 0.2) is 5.16 Å². The molecular formula is C7H12N4OS. The number of H-pyrrole nitrogens is 1. The molecule has 0 spiro atoms. The fourth-order valence-corrected chi connectivity index (χ4v) is 1.60. The summed E-state index contributed by atoms with van der Waals surface area (Å²) >= 11 is 1.50. The first-order valence-corrected chi connectivity index (χ1v) is 4.85. The summed E-state index contributed by atoms with van der Waals surface area (Å²) in [5, 5.41) is 0.816. The van der Waals surface area contributed by atoms with Crippen molar-refractivity contribution in [2.24, 2.45) is 11.8 Å². The number of amides is 1. The molecule has 72 valence electrons. The molecule has 0 saturated carbocycles. The number of aromatic nitrogens is 2. The van der Waals surface area contributed by atoms with Gasteiger partial charge in [0.2, 0.25) is 5.91 Å². The fourth-order valence-electron chi connectivity index (χ4n) is 0.752. The van der Waals surface area contributed by atoms with Crippen molar-refractivity contribution in [2.75, 3.05) is 5.75 Å². The SMILES string of the molecule is CC(CSc1ncc[nH]1)C(=O)NN. The number of nitrogens with zero attached hydrogens (tertiary/aromatic N) is 1. The smallest absolute Gasteiger partial charge is 0.237 e. The number of imidazole rings is 1. The van der Waals surface area contributed by atoms with Crippen molar-refractivity contribution in [3.63, 3.8) is 0 Å². The fraction of sp³-hybridized carbons (Fsp3) is 0.429. The van der Waals surface area contributed by atoms with E-state index in [0.29, 0.717) is 5.75 Å². The number of aromatic amines is 1. The lowest BCUT2D eigenvalue weighted by atomic mass is 10.2. The van der Waals surface area contributed by atoms with Crippen LogP contribution in [0.15, 0.2) is 17.6 Å². The predicted octanol–water partition coefficient (Wildman–Crippen LogP) is 0.128. The number of carbonyl (C=O) groups excluding carboxylic acids is 1. The van der Waals surface area contributed by atoms with Gasteiger partial charge in [0.25, 0.3) is 0 Å². The third-order valence-corrected chi connectivity index (χ3v) is 2.70. The first-order valence-electron chi connectivity index (χ1n) is 3.86. The molecule has 0 saturated heterocycles. The summed E-state index contributed by atoms with van der Waals surface area (Å²) < 4.78 is 0. The van der Waals surface area contributed by atoms with E-state index in [1.165, 1.54) is 11.8 Å². The molecule has 0 aromatic carbocycles. The van der Waals surface area contributed by atoms with E-state index in [1.807, 2.05) is 6.92 Å². The van der Waals surface area contributed by atoms with Gasteiger partial charge in [-0.25, -0.2) is 10.8 Å². The maximum atomic E-state index is 11.0. The third-order valence-electron chi connectivity index (χ3n) is 1.53. The first kappa shape index (κ1) is 10.1. The highest BCUT2D eigenvalue weighted by Crippen LogP contribution is 2.15. The van der Waals surface area contributed by atoms with Crippen LogP contribution in [0.5, 0.6) is 0 Å². The van der Waals surface area contributed by atoms with Crippen LogP contribution in [0.4, 0.5) is 0 Å². The Morgan fingerprint density at radius 2 is 2.69 bits per heavy atom. The zero-order valence-corrected chi connectivity index (χ0v) is 8.10. The maximum absolute atomic E-state index is 11.0. The summed E-state index contributed by atoms with van der Waals surface area (Å²) in [4.78, 5) is 17.9. The number of thioether (sulfide) groups is 1. The molecule has 1 aromatic rings. The van der Waals surface area contributed by atoms with Gasteiger partial charge in [0, 0.05) is 24.1 Å². The highest BCUT2D eigenvalue weighted by Gasteiger charge is 2.11. The molecule has 0 fully saturated rings. The second-order valence-electron chi connectivity index (χ2n) is 2.61. The lowest BCUT2D eigenvalue weighted by molar-refractivity contribution is -0.123. The van der Waals surface area contributed by atoms with E-state index in [9.17, 15) is 4.79 Å². The molecule has 1 amide bonds. The minimum absolute atomic E-state index is 0.111. The molecule has 1 rings (SSSR count). The Morgan fingerprint density at radius 1 is 1.92 bits per heavy atom. The second kappa shape index (κ2) is 4.88. The summed E-state index contributed by atoms with van der Waals surface area (Å²) in [7, 11) is 0. The highest BCUT2D eigenvalue weighted by atomic mass is 32.2. The van der Waals surface area contributed by atoms with Crippen LogP contribution in [0.1, 0.15) is 6.92 Å². The molecule has 6 heteroatoms. The molecular weight excluding hydrogens is 188 g/mol. The lowest BCUT2D eigenvalue weighted by Crippen LogP contribution is -2.35. The highest BCUT2D eigenvalue weighted by molar-refractivity contribution is 7.99. The van der Waals surface area contributed by atoms with Gasteiger partial charge in [-0.2, -0.15) is 0 Å². The van der Waals surface area contributed by atoms with Crippen LogP contribution in [0.2, 0.25) is 0 Å². The van der Waals surface area contributed by atoms with Gasteiger partial charge in [0.05, 0.1) is 0 Å². The van der Waals surface area contributed by atoms with Crippen LogP contribution < -0.4 is 11.3 Å². The Labute approximate surface area is 80.5 Å². The van der Waals surface area contributed by atoms with E-state index in [0.717, 1.165) is 5.16 Å². The van der Waals surface area contributed by atoms with Crippen molar-refractivity contribution < 1.29 is 4.79 Å². The van der Waals surface area contributed by atoms with Crippen molar-refractivity contribution in [3.05, 3.63) is 12.4 Å². The molecule has 5 nitrogen and oxygen atoms in total. The number of hydrazine groups is 1. The standard InChI is InChI=1S/C7H12N4OS/c1-5(6(12)11-8)4-13-7-9-2-3-10-7/h2-3,5H,4,8H2,1H3,(H,9,10)(H,11,12). The number of carbonyl (C=O) groups is 1. The summed E-state index contributed by atoms with van der Waals surface area (Å²) in [5.41, 5.74) is 2.11. The number of hydrogen-bond acceptors (Lipinski definition) is 4. The Bertz CT molecular complexity index is 261. The minimum Gasteiger partial charge on any atom is -0.340 e. The topological polar surface area (TPSA) is 83.8 Å². The quantitative estimate of drug-likeness (QED) is 0.279. The molecule has 0 aliphatic carbocycles. The largest absolute Gasteiger partial charge is 0.340 e. The first-order chi connectivity index (χ1) is 6.24. The van der Waals surface area contributed by atoms with Crippen LogP contribution in [-0.4, -0.2) is 21.6 Å². The zero-order valence-electron chi connectivity index (χ0n) is 7.28. The zero-order chi connectivity index (χ0) is 9.68. The molecule has 0 aliphatic heterocycles. The summed E-state index contributed by atoms with van der Waals surface area (Å²) in [6.07, 6.45) is 3.42. The van der Waals surface area contributed by atoms with E-state index < -0.39 is 0 Å². The molecule has 0 bridgehead atoms. The molecule has 13 heavy (non-hydrogen) atoms. The van der Waals surface area contributed by atoms with Gasteiger partial charge in [-0.1, -0.05) is 18.7 Å². The van der Waals surface area contributed by atoms with Gasteiger partial charge in [-0.05, 0) is 0 Å². The van der Waals surface area contributed by atoms with Crippen molar-refractivity contribution in [3.8, 4) is 0 Å². The van der Waals surface area contributed by atoms with E-state index in [4.69, 9.17) is 5.84 Å². The minimum atomic E-state index is -0.154. The molecule has 0 aliphatic rings. The summed E-state index contributed by atoms with van der Waals surface area (Å²) in [6.45, 7) is 1.82. The molecule has 4 N–H and O–H groups in total. The number of nitrogens with one attached hydrogen (secondary N) is 2. The molecule has 1 atom stereocenters. The van der Waals surface area contributed by atoms with Crippen molar-refractivity contribution in [2.45, 2.75) is 12.1 Å². The van der Waals surface area contributed by atoms with E-state index in [1.54, 1.807) is 12.4 Å². The van der Waals surface area contributed by atoms with E-state index >= 15 is 0 Å². The van der Waals surface area contributed by atoms with Crippen LogP contribution in [-0.2, 0) is 4.79 Å². The predicted molar refractivity (Wildman–Crippen MR) is 50.8 cm³/mol. The van der Waals surface area contributed by atoms with Crippen LogP contribution in [0, 0.1) is 5.92 Å². The summed E-state index contributed by atoms with van der Waals surface area (Å²) in [5.74, 6) is 5.39. The number of hydrogen-bond donors (Lipinski definition) is 3. The molecule has 0 radical (unpaired) electrons. The van der Waals surface area contributed by atoms with Gasteiger partial charge in [0.1, 0.15) is 0 Å². The monoisotopic (exact) mass is 200 g/mol. The molecule has 1 aromatic heterocycles. The second-order valence-corrected chi connectivity index (χ2v) is 3.62. The van der Waals surface area contributed by atoms with Gasteiger partial charge >= 0.3 is 0 Å². The lowest BCUT2D eigenvalue weighted by Gasteiger charge is -2.06. The number of nitrogens with two attached hydrogens (primary N) is 1. The van der Waals surface area contributed by atoms with Crippen molar-refractivity contribution in [1.29, 1.82) is 0 Å². The van der Waals surface area contributed by atoms with Crippen molar-refractivity contribution >= 4 is 17.7 Å². The van der Waals surface area contributed by atoms with E-state index in [-0.39, 0.29) is 11.8 Å². The van der Waals surface area contributed by atoms with Gasteiger partial charge < -0.3 is 4.98 Å². The van der Waals surface area contributed by atoms with Gasteiger partial charge in [-0.3, -0.25) is 10.2 Å². The van der Waals surface area contributed by atoms with Crippen LogP contribution in [0.3, 0.4) is 0 Å². The Balaban J connectivity index is 2.30. The summed E-state index contributed by atoms with van der Waals surface area (Å²) in [6, 6.07) is 0.